The number of rotatable bonds is 4. The third-order valence-electron chi connectivity index (χ3n) is 7.74. The molecule has 0 saturated heterocycles. The van der Waals surface area contributed by atoms with E-state index in [-0.39, 0.29) is 11.4 Å². The van der Waals surface area contributed by atoms with Crippen molar-refractivity contribution in [2.75, 3.05) is 0 Å². The van der Waals surface area contributed by atoms with E-state index in [4.69, 9.17) is 0 Å². The molecule has 5 fully saturated rings. The van der Waals surface area contributed by atoms with Gasteiger partial charge in [-0.25, -0.2) is 0 Å². The zero-order valence-electron chi connectivity index (χ0n) is 13.3. The van der Waals surface area contributed by atoms with E-state index >= 15 is 0 Å². The molecule has 5 saturated carbocycles. The fourth-order valence-electron chi connectivity index (χ4n) is 5.63. The Balaban J connectivity index is 1.34. The number of hydrogen-bond donors (Lipinski definition) is 2. The molecule has 2 N–H and O–H groups in total. The number of fused-ring (bicyclic) bond motifs is 3. The minimum Gasteiger partial charge on any atom is -0.481 e. The fourth-order valence-corrected chi connectivity index (χ4v) is 5.63. The van der Waals surface area contributed by atoms with Crippen LogP contribution in [0.15, 0.2) is 0 Å². The first-order valence-corrected chi connectivity index (χ1v) is 9.02. The Hall–Kier alpha value is -1.06. The Bertz CT molecular complexity index is 478. The third-order valence-corrected chi connectivity index (χ3v) is 7.74. The normalized spacial score (nSPS) is 41.5. The molecule has 1 atom stereocenters. The second-order valence-electron chi connectivity index (χ2n) is 8.57. The number of carboxylic acids is 1. The Morgan fingerprint density at radius 3 is 2.00 bits per heavy atom. The zero-order valence-corrected chi connectivity index (χ0v) is 13.3. The Morgan fingerprint density at radius 1 is 0.955 bits per heavy atom. The van der Waals surface area contributed by atoms with Gasteiger partial charge in [0.2, 0.25) is 5.91 Å². The Morgan fingerprint density at radius 2 is 1.59 bits per heavy atom. The summed E-state index contributed by atoms with van der Waals surface area (Å²) < 4.78 is 0. The molecular formula is C18H27NO3. The number of aliphatic carboxylic acids is 1. The molecule has 5 rings (SSSR count). The van der Waals surface area contributed by atoms with Gasteiger partial charge in [-0.05, 0) is 75.5 Å². The molecule has 1 unspecified atom stereocenters. The van der Waals surface area contributed by atoms with Gasteiger partial charge in [-0.2, -0.15) is 0 Å². The molecule has 22 heavy (non-hydrogen) atoms. The fraction of sp³-hybridized carbons (Fsp3) is 0.889. The van der Waals surface area contributed by atoms with Gasteiger partial charge in [0.15, 0.2) is 0 Å². The summed E-state index contributed by atoms with van der Waals surface area (Å²) in [6.07, 6.45) is 12.0. The standard InChI is InChI=1S/C18H27NO3/c20-14(12-13-2-5-16(13)3-1-4-16)19-18-9-6-17(7-10-18,8-11-18)15(21)22/h13H,1-12H2,(H,19,20)(H,21,22). The third kappa shape index (κ3) is 2.02. The molecule has 5 aliphatic carbocycles. The lowest BCUT2D eigenvalue weighted by Crippen LogP contribution is -2.59. The van der Waals surface area contributed by atoms with Crippen LogP contribution in [0.1, 0.15) is 77.0 Å². The summed E-state index contributed by atoms with van der Waals surface area (Å²) in [4.78, 5) is 24.0. The van der Waals surface area contributed by atoms with Crippen LogP contribution < -0.4 is 5.32 Å². The maximum Gasteiger partial charge on any atom is 0.309 e. The highest BCUT2D eigenvalue weighted by atomic mass is 16.4. The SMILES string of the molecule is O=C(CC1CCC12CCC2)NC12CCC(C(=O)O)(CC1)CC2. The van der Waals surface area contributed by atoms with E-state index < -0.39 is 11.4 Å². The maximum absolute atomic E-state index is 12.5. The second kappa shape index (κ2) is 4.72. The van der Waals surface area contributed by atoms with Crippen LogP contribution in [0, 0.1) is 16.7 Å². The van der Waals surface area contributed by atoms with Crippen LogP contribution in [0.3, 0.4) is 0 Å². The summed E-state index contributed by atoms with van der Waals surface area (Å²) >= 11 is 0. The number of carbonyl (C=O) groups excluding carboxylic acids is 1. The van der Waals surface area contributed by atoms with Crippen molar-refractivity contribution < 1.29 is 14.7 Å². The average molecular weight is 305 g/mol. The van der Waals surface area contributed by atoms with Crippen molar-refractivity contribution in [1.29, 1.82) is 0 Å². The smallest absolute Gasteiger partial charge is 0.309 e. The molecule has 5 aliphatic rings. The van der Waals surface area contributed by atoms with Gasteiger partial charge in [0, 0.05) is 12.0 Å². The molecule has 122 valence electrons. The van der Waals surface area contributed by atoms with Crippen LogP contribution in [0.25, 0.3) is 0 Å². The highest BCUT2D eigenvalue weighted by Gasteiger charge is 2.54. The van der Waals surface area contributed by atoms with Crippen molar-refractivity contribution >= 4 is 11.9 Å². The van der Waals surface area contributed by atoms with Crippen LogP contribution in [-0.2, 0) is 9.59 Å². The molecule has 0 radical (unpaired) electrons. The van der Waals surface area contributed by atoms with Gasteiger partial charge in [0.1, 0.15) is 0 Å². The van der Waals surface area contributed by atoms with E-state index in [0.29, 0.717) is 17.8 Å². The Labute approximate surface area is 132 Å². The van der Waals surface area contributed by atoms with Crippen molar-refractivity contribution in [2.45, 2.75) is 82.6 Å². The molecule has 0 aliphatic heterocycles. The number of carbonyl (C=O) groups is 2. The largest absolute Gasteiger partial charge is 0.481 e. The monoisotopic (exact) mass is 305 g/mol. The minimum atomic E-state index is -0.631. The summed E-state index contributed by atoms with van der Waals surface area (Å²) in [5.74, 6) is 0.206. The Kier molecular flexibility index (Phi) is 3.11. The highest BCUT2D eigenvalue weighted by molar-refractivity contribution is 5.78. The summed E-state index contributed by atoms with van der Waals surface area (Å²) in [6, 6.07) is 0. The molecule has 4 nitrogen and oxygen atoms in total. The van der Waals surface area contributed by atoms with Gasteiger partial charge in [0.25, 0.3) is 0 Å². The van der Waals surface area contributed by atoms with E-state index in [1.165, 1.54) is 32.1 Å². The summed E-state index contributed by atoms with van der Waals surface area (Å²) in [5, 5.41) is 12.8. The van der Waals surface area contributed by atoms with E-state index in [9.17, 15) is 14.7 Å². The second-order valence-corrected chi connectivity index (χ2v) is 8.57. The molecule has 0 heterocycles. The van der Waals surface area contributed by atoms with Crippen molar-refractivity contribution in [3.05, 3.63) is 0 Å². The van der Waals surface area contributed by atoms with Gasteiger partial charge in [-0.15, -0.1) is 0 Å². The summed E-state index contributed by atoms with van der Waals surface area (Å²) in [7, 11) is 0. The van der Waals surface area contributed by atoms with Gasteiger partial charge in [-0.1, -0.05) is 6.42 Å². The predicted molar refractivity (Wildman–Crippen MR) is 82.3 cm³/mol. The van der Waals surface area contributed by atoms with Crippen molar-refractivity contribution in [2.24, 2.45) is 16.7 Å². The first-order chi connectivity index (χ1) is 10.5. The molecular weight excluding hydrogens is 278 g/mol. The van der Waals surface area contributed by atoms with Crippen LogP contribution in [0.5, 0.6) is 0 Å². The van der Waals surface area contributed by atoms with Crippen molar-refractivity contribution in [3.8, 4) is 0 Å². The van der Waals surface area contributed by atoms with Crippen LogP contribution in [-0.4, -0.2) is 22.5 Å². The van der Waals surface area contributed by atoms with Gasteiger partial charge < -0.3 is 10.4 Å². The van der Waals surface area contributed by atoms with E-state index in [1.54, 1.807) is 0 Å². The molecule has 2 bridgehead atoms. The lowest BCUT2D eigenvalue weighted by atomic mass is 9.49. The van der Waals surface area contributed by atoms with E-state index in [0.717, 1.165) is 38.5 Å². The van der Waals surface area contributed by atoms with Crippen molar-refractivity contribution in [3.63, 3.8) is 0 Å². The highest BCUT2D eigenvalue weighted by Crippen LogP contribution is 2.61. The van der Waals surface area contributed by atoms with Crippen molar-refractivity contribution in [1.82, 2.24) is 5.32 Å². The van der Waals surface area contributed by atoms with Crippen LogP contribution >= 0.6 is 0 Å². The van der Waals surface area contributed by atoms with Crippen LogP contribution in [0.4, 0.5) is 0 Å². The lowest BCUT2D eigenvalue weighted by molar-refractivity contribution is -0.157. The lowest BCUT2D eigenvalue weighted by Gasteiger charge is -2.56. The number of nitrogens with one attached hydrogen (secondary N) is 1. The molecule has 1 amide bonds. The molecule has 4 heteroatoms. The van der Waals surface area contributed by atoms with Crippen LogP contribution in [0.2, 0.25) is 0 Å². The van der Waals surface area contributed by atoms with E-state index in [2.05, 4.69) is 5.32 Å². The van der Waals surface area contributed by atoms with E-state index in [1.807, 2.05) is 0 Å². The summed E-state index contributed by atoms with van der Waals surface area (Å²) in [5.41, 5.74) is -0.0478. The molecule has 1 spiro atoms. The quantitative estimate of drug-likeness (QED) is 0.838. The molecule has 0 aromatic carbocycles. The van der Waals surface area contributed by atoms with Gasteiger partial charge in [0.05, 0.1) is 5.41 Å². The number of hydrogen-bond acceptors (Lipinski definition) is 2. The first kappa shape index (κ1) is 14.5. The number of amides is 1. The maximum atomic E-state index is 12.5. The van der Waals surface area contributed by atoms with Gasteiger partial charge >= 0.3 is 5.97 Å². The minimum absolute atomic E-state index is 0.0925. The average Bonchev–Trinajstić information content (AvgIpc) is 2.43. The first-order valence-electron chi connectivity index (χ1n) is 9.02. The zero-order chi connectivity index (χ0) is 15.4. The number of carboxylic acid groups (broad SMARTS) is 1. The topological polar surface area (TPSA) is 66.4 Å². The van der Waals surface area contributed by atoms with Gasteiger partial charge in [-0.3, -0.25) is 9.59 Å². The molecule has 0 aromatic heterocycles. The molecule has 0 aromatic rings. The predicted octanol–water partition coefficient (Wildman–Crippen LogP) is 3.25. The summed E-state index contributed by atoms with van der Waals surface area (Å²) in [6.45, 7) is 0.